The third-order valence-electron chi connectivity index (χ3n) is 14.8. The van der Waals surface area contributed by atoms with Crippen LogP contribution < -0.4 is 0 Å². The summed E-state index contributed by atoms with van der Waals surface area (Å²) in [4.78, 5) is 55.6. The van der Waals surface area contributed by atoms with Crippen LogP contribution in [0.4, 0.5) is 0 Å². The lowest BCUT2D eigenvalue weighted by molar-refractivity contribution is -0.206. The molecule has 2 aliphatic carbocycles. The maximum absolute atomic E-state index is 14.3. The van der Waals surface area contributed by atoms with Gasteiger partial charge in [0, 0.05) is 32.2 Å². The van der Waals surface area contributed by atoms with Crippen molar-refractivity contribution < 1.29 is 55.7 Å². The Morgan fingerprint density at radius 2 is 0.870 bits per heavy atom. The number of carbonyl (C=O) groups excluding carboxylic acids is 2. The molecule has 0 spiro atoms. The summed E-state index contributed by atoms with van der Waals surface area (Å²) in [6.07, 6.45) is 0.344. The standard InChI is InChI=1S/2C28H33Cl2NO6S.CH4/c2*1-27(2,3)38(35,36)16-22(17-8-9-17)31-24(18-10-12-20(29)13-11-18)25(19-6-5-7-21(30)14-19)37-28(4,26(31)34)15-23(32)33;/h2*5-7,10-14,17,22,24-25H,8-9,15-16H2,1-4H3,(H,32,33);1H4/t22-,24-,25-,28+;22-,24-,25-,28-;/m11./s1. The van der Waals surface area contributed by atoms with Gasteiger partial charge in [-0.3, -0.25) is 19.2 Å². The van der Waals surface area contributed by atoms with Gasteiger partial charge in [-0.15, -0.1) is 0 Å². The molecular weight excluding hydrogens is 1110 g/mol. The van der Waals surface area contributed by atoms with E-state index >= 15 is 0 Å². The van der Waals surface area contributed by atoms with E-state index in [0.717, 1.165) is 25.7 Å². The molecule has 2 saturated carbocycles. The van der Waals surface area contributed by atoms with Crippen LogP contribution in [0.1, 0.15) is 148 Å². The number of benzene rings is 4. The highest BCUT2D eigenvalue weighted by Crippen LogP contribution is 2.53. The summed E-state index contributed by atoms with van der Waals surface area (Å²) in [6, 6.07) is 25.2. The summed E-state index contributed by atoms with van der Waals surface area (Å²) in [7, 11) is -7.26. The van der Waals surface area contributed by atoms with E-state index < -0.39 is 113 Å². The van der Waals surface area contributed by atoms with Crippen LogP contribution >= 0.6 is 46.4 Å². The zero-order valence-corrected chi connectivity index (χ0v) is 48.4. The second-order valence-electron chi connectivity index (χ2n) is 22.8. The van der Waals surface area contributed by atoms with Crippen LogP contribution in [0.15, 0.2) is 97.1 Å². The molecule has 4 fully saturated rings. The number of nitrogens with zero attached hydrogens (tertiary/aromatic N) is 2. The molecule has 2 N–H and O–H groups in total. The fourth-order valence-corrected chi connectivity index (χ4v) is 13.5. The SMILES string of the molecule is C.CC(C)(C)S(=O)(=O)C[C@H](C1CC1)N1C(=O)[C@@](C)(CC(=O)O)O[C@H](c2cccc(Cl)c2)[C@H]1c1ccc(Cl)cc1.CC(C)(C)S(=O)(=O)C[C@H](C1CC1)N1C(=O)[C@](C)(CC(=O)O)O[C@H](c2cccc(Cl)c2)[C@H]1c1ccc(Cl)cc1. The predicted octanol–water partition coefficient (Wildman–Crippen LogP) is 12.4. The van der Waals surface area contributed by atoms with Gasteiger partial charge in [-0.05, 0) is 164 Å². The van der Waals surface area contributed by atoms with Gasteiger partial charge in [0.1, 0.15) is 12.2 Å². The number of aliphatic carboxylic acids is 2. The molecule has 2 aliphatic heterocycles. The van der Waals surface area contributed by atoms with Crippen LogP contribution in [0.25, 0.3) is 0 Å². The Hall–Kier alpha value is -4.26. The van der Waals surface area contributed by atoms with E-state index in [0.29, 0.717) is 42.3 Å². The number of ether oxygens (including phenoxy) is 2. The number of amides is 2. The van der Waals surface area contributed by atoms with Crippen LogP contribution in [0.3, 0.4) is 0 Å². The van der Waals surface area contributed by atoms with E-state index in [4.69, 9.17) is 55.9 Å². The quantitative estimate of drug-likeness (QED) is 0.108. The van der Waals surface area contributed by atoms with Crippen LogP contribution in [-0.2, 0) is 48.3 Å². The first-order valence-corrected chi connectivity index (χ1v) is 30.0. The lowest BCUT2D eigenvalue weighted by Crippen LogP contribution is -2.62. The molecule has 2 heterocycles. The van der Waals surface area contributed by atoms with E-state index in [9.17, 15) is 46.2 Å². The molecular formula is C57H70Cl4N2O12S2. The van der Waals surface area contributed by atoms with Crippen molar-refractivity contribution in [1.82, 2.24) is 9.80 Å². The third kappa shape index (κ3) is 14.0. The highest BCUT2D eigenvalue weighted by molar-refractivity contribution is 7.93. The molecule has 420 valence electrons. The minimum Gasteiger partial charge on any atom is -0.481 e. The van der Waals surface area contributed by atoms with Crippen molar-refractivity contribution in [3.05, 3.63) is 139 Å². The van der Waals surface area contributed by atoms with Gasteiger partial charge < -0.3 is 29.5 Å². The first-order valence-electron chi connectivity index (χ1n) is 25.2. The molecule has 14 nitrogen and oxygen atoms in total. The fraction of sp³-hybridized carbons (Fsp3) is 0.509. The number of rotatable bonds is 16. The number of carbonyl (C=O) groups is 4. The van der Waals surface area contributed by atoms with E-state index in [1.54, 1.807) is 136 Å². The summed E-state index contributed by atoms with van der Waals surface area (Å²) in [5, 5.41) is 21.4. The molecule has 0 radical (unpaired) electrons. The number of hydrogen-bond donors (Lipinski definition) is 2. The van der Waals surface area contributed by atoms with E-state index in [-0.39, 0.29) is 30.8 Å². The number of hydrogen-bond acceptors (Lipinski definition) is 10. The lowest BCUT2D eigenvalue weighted by Gasteiger charge is -2.52. The molecule has 0 aromatic heterocycles. The molecule has 4 aromatic rings. The summed E-state index contributed by atoms with van der Waals surface area (Å²) in [5.41, 5.74) is -0.742. The molecule has 20 heteroatoms. The van der Waals surface area contributed by atoms with Crippen LogP contribution in [0.2, 0.25) is 20.1 Å². The van der Waals surface area contributed by atoms with Crippen molar-refractivity contribution >= 4 is 89.8 Å². The second-order valence-corrected chi connectivity index (χ2v) is 30.1. The first-order chi connectivity index (χ1) is 35.3. The monoisotopic (exact) mass is 1180 g/mol. The number of carboxylic acids is 2. The molecule has 77 heavy (non-hydrogen) atoms. The van der Waals surface area contributed by atoms with Gasteiger partial charge in [0.2, 0.25) is 0 Å². The maximum Gasteiger partial charge on any atom is 0.306 e. The molecule has 2 amide bonds. The van der Waals surface area contributed by atoms with Crippen molar-refractivity contribution in [3.8, 4) is 0 Å². The van der Waals surface area contributed by atoms with Gasteiger partial charge in [-0.2, -0.15) is 0 Å². The molecule has 8 rings (SSSR count). The topological polar surface area (TPSA) is 202 Å². The minimum atomic E-state index is -3.63. The van der Waals surface area contributed by atoms with Crippen molar-refractivity contribution in [2.75, 3.05) is 11.5 Å². The number of morpholine rings is 2. The molecule has 0 bridgehead atoms. The molecule has 4 aliphatic rings. The Kier molecular flexibility index (Phi) is 18.9. The summed E-state index contributed by atoms with van der Waals surface area (Å²) in [5.74, 6) is -4.00. The smallest absolute Gasteiger partial charge is 0.306 e. The van der Waals surface area contributed by atoms with Gasteiger partial charge in [-0.25, -0.2) is 16.8 Å². The zero-order chi connectivity index (χ0) is 56.1. The normalized spacial score (nSPS) is 25.0. The molecule has 0 unspecified atom stereocenters. The van der Waals surface area contributed by atoms with Gasteiger partial charge in [0.15, 0.2) is 30.9 Å². The van der Waals surface area contributed by atoms with E-state index in [1.807, 2.05) is 12.1 Å². The lowest BCUT2D eigenvalue weighted by atomic mass is 9.85. The van der Waals surface area contributed by atoms with Crippen molar-refractivity contribution in [1.29, 1.82) is 0 Å². The van der Waals surface area contributed by atoms with E-state index in [1.165, 1.54) is 13.8 Å². The third-order valence-corrected chi connectivity index (χ3v) is 21.0. The van der Waals surface area contributed by atoms with Crippen molar-refractivity contribution in [2.45, 2.75) is 158 Å². The number of sulfone groups is 2. The number of carboxylic acid groups (broad SMARTS) is 2. The van der Waals surface area contributed by atoms with Gasteiger partial charge in [0.25, 0.3) is 11.8 Å². The minimum absolute atomic E-state index is 0. The van der Waals surface area contributed by atoms with Crippen molar-refractivity contribution in [3.63, 3.8) is 0 Å². The Bertz CT molecular complexity index is 2840. The summed E-state index contributed by atoms with van der Waals surface area (Å²) in [6.45, 7) is 12.8. The Morgan fingerprint density at radius 3 is 1.13 bits per heavy atom. The molecule has 2 saturated heterocycles. The number of halogens is 4. The van der Waals surface area contributed by atoms with Gasteiger partial charge >= 0.3 is 11.9 Å². The summed E-state index contributed by atoms with van der Waals surface area (Å²) >= 11 is 25.0. The first kappa shape index (κ1) is 61.9. The van der Waals surface area contributed by atoms with Crippen LogP contribution in [-0.4, -0.2) is 105 Å². The van der Waals surface area contributed by atoms with Crippen LogP contribution in [0, 0.1) is 11.8 Å². The maximum atomic E-state index is 14.3. The molecule has 8 atom stereocenters. The van der Waals surface area contributed by atoms with Gasteiger partial charge in [0.05, 0.1) is 45.9 Å². The van der Waals surface area contributed by atoms with Gasteiger partial charge in [-0.1, -0.05) is 102 Å². The average molecular weight is 1180 g/mol. The van der Waals surface area contributed by atoms with Crippen LogP contribution in [0.5, 0.6) is 0 Å². The Labute approximate surface area is 473 Å². The Morgan fingerprint density at radius 1 is 0.558 bits per heavy atom. The molecule has 4 aromatic carbocycles. The second kappa shape index (κ2) is 23.4. The van der Waals surface area contributed by atoms with E-state index in [2.05, 4.69) is 0 Å². The zero-order valence-electron chi connectivity index (χ0n) is 43.7. The average Bonchev–Trinajstić information content (AvgIpc) is 4.25. The largest absolute Gasteiger partial charge is 0.481 e. The summed E-state index contributed by atoms with van der Waals surface area (Å²) < 4.78 is 64.6. The fourth-order valence-electron chi connectivity index (χ4n) is 10.1. The highest BCUT2D eigenvalue weighted by atomic mass is 35.5. The highest BCUT2D eigenvalue weighted by Gasteiger charge is 2.58. The Balaban J connectivity index is 0.000000246. The predicted molar refractivity (Wildman–Crippen MR) is 301 cm³/mol. The van der Waals surface area contributed by atoms with Crippen molar-refractivity contribution in [2.24, 2.45) is 11.8 Å².